The second kappa shape index (κ2) is 24.6. The number of phenolic OH excluding ortho intramolecular Hbond substituents is 1. The van der Waals surface area contributed by atoms with Gasteiger partial charge in [-0.25, -0.2) is 14.6 Å². The SMILES string of the molecule is C=CC(=O)OCC(COc1ccc(OC(=O)C2CCC(C(=O)Oc3ccc(CCOC(=O)C4CCC(C(=O)Oc5ccc(O)cc5)CC4)c4sc(Nc5ccc([N+](=O)[O-])cc5)nc34)CC2)cc1)OC(=O)C=C. The van der Waals surface area contributed by atoms with Crippen molar-refractivity contribution in [2.75, 3.05) is 25.1 Å². The van der Waals surface area contributed by atoms with Crippen molar-refractivity contribution >= 4 is 73.9 Å². The Morgan fingerprint density at radius 2 is 1.21 bits per heavy atom. The van der Waals surface area contributed by atoms with Crippen LogP contribution in [-0.4, -0.2) is 76.8 Å². The van der Waals surface area contributed by atoms with Gasteiger partial charge in [0.25, 0.3) is 5.69 Å². The van der Waals surface area contributed by atoms with E-state index in [2.05, 4.69) is 18.5 Å². The van der Waals surface area contributed by atoms with Gasteiger partial charge in [0.2, 0.25) is 0 Å². The van der Waals surface area contributed by atoms with Crippen molar-refractivity contribution in [3.63, 3.8) is 0 Å². The van der Waals surface area contributed by atoms with Crippen LogP contribution in [0.1, 0.15) is 56.9 Å². The molecule has 2 N–H and O–H groups in total. The van der Waals surface area contributed by atoms with E-state index in [0.29, 0.717) is 90.3 Å². The molecule has 5 aromatic rings. The first kappa shape index (κ1) is 51.7. The zero-order valence-electron chi connectivity index (χ0n) is 38.9. The molecule has 376 valence electrons. The molecule has 1 atom stereocenters. The number of carbonyl (C=O) groups is 6. The lowest BCUT2D eigenvalue weighted by atomic mass is 9.82. The molecular weight excluding hydrogens is 955 g/mol. The molecule has 2 fully saturated rings. The van der Waals surface area contributed by atoms with Crippen LogP contribution in [0.3, 0.4) is 0 Å². The number of benzene rings is 4. The maximum Gasteiger partial charge on any atom is 0.330 e. The Morgan fingerprint density at radius 3 is 1.76 bits per heavy atom. The van der Waals surface area contributed by atoms with Crippen molar-refractivity contribution < 1.29 is 72.0 Å². The monoisotopic (exact) mass is 1010 g/mol. The Morgan fingerprint density at radius 1 is 0.681 bits per heavy atom. The molecule has 0 bridgehead atoms. The van der Waals surface area contributed by atoms with Gasteiger partial charge in [0.05, 0.1) is 39.9 Å². The molecule has 7 rings (SSSR count). The minimum Gasteiger partial charge on any atom is -0.508 e. The van der Waals surface area contributed by atoms with Crippen LogP contribution < -0.4 is 24.3 Å². The summed E-state index contributed by atoms with van der Waals surface area (Å²) in [4.78, 5) is 91.5. The zero-order valence-corrected chi connectivity index (χ0v) is 39.7. The van der Waals surface area contributed by atoms with Gasteiger partial charge in [-0.2, -0.15) is 0 Å². The number of nitro groups is 1. The normalized spacial score (nSPS) is 17.8. The summed E-state index contributed by atoms with van der Waals surface area (Å²) in [5.41, 5.74) is 1.63. The summed E-state index contributed by atoms with van der Waals surface area (Å²) in [6.45, 7) is 6.33. The predicted molar refractivity (Wildman–Crippen MR) is 260 cm³/mol. The third-order valence-electron chi connectivity index (χ3n) is 12.1. The van der Waals surface area contributed by atoms with Crippen LogP contribution in [0, 0.1) is 33.8 Å². The number of hydrogen-bond donors (Lipinski definition) is 2. The van der Waals surface area contributed by atoms with Crippen molar-refractivity contribution in [1.82, 2.24) is 4.98 Å². The number of esters is 6. The Hall–Kier alpha value is -8.13. The minimum absolute atomic E-state index is 0.0548. The fourth-order valence-electron chi connectivity index (χ4n) is 8.13. The van der Waals surface area contributed by atoms with Gasteiger partial charge < -0.3 is 43.6 Å². The van der Waals surface area contributed by atoms with Gasteiger partial charge in [-0.05, 0) is 124 Å². The molecule has 1 heterocycles. The molecule has 1 aromatic heterocycles. The smallest absolute Gasteiger partial charge is 0.330 e. The number of nitro benzene ring substituents is 1. The number of phenols is 1. The molecule has 72 heavy (non-hydrogen) atoms. The Kier molecular flexibility index (Phi) is 17.7. The summed E-state index contributed by atoms with van der Waals surface area (Å²) in [5, 5.41) is 24.3. The first-order chi connectivity index (χ1) is 34.7. The van der Waals surface area contributed by atoms with E-state index in [1.54, 1.807) is 48.5 Å². The lowest BCUT2D eigenvalue weighted by Gasteiger charge is -2.26. The summed E-state index contributed by atoms with van der Waals surface area (Å²) in [7, 11) is 0. The number of hydrogen-bond acceptors (Lipinski definition) is 19. The van der Waals surface area contributed by atoms with Crippen molar-refractivity contribution in [3.8, 4) is 28.7 Å². The van der Waals surface area contributed by atoms with Gasteiger partial charge in [-0.3, -0.25) is 29.3 Å². The van der Waals surface area contributed by atoms with E-state index >= 15 is 0 Å². The van der Waals surface area contributed by atoms with Gasteiger partial charge in [-0.1, -0.05) is 30.6 Å². The van der Waals surface area contributed by atoms with Crippen molar-refractivity contribution in [1.29, 1.82) is 0 Å². The number of aromatic nitrogens is 1. The molecular formula is C52H51N3O16S. The highest BCUT2D eigenvalue weighted by molar-refractivity contribution is 7.22. The molecule has 0 saturated heterocycles. The molecule has 2 saturated carbocycles. The van der Waals surface area contributed by atoms with Gasteiger partial charge >= 0.3 is 35.8 Å². The quantitative estimate of drug-likeness (QED) is 0.0174. The third kappa shape index (κ3) is 14.2. The second-order valence-electron chi connectivity index (χ2n) is 17.0. The fraction of sp³-hybridized carbons (Fsp3) is 0.327. The highest BCUT2D eigenvalue weighted by atomic mass is 32.1. The van der Waals surface area contributed by atoms with Crippen LogP contribution in [0.25, 0.3) is 10.2 Å². The lowest BCUT2D eigenvalue weighted by molar-refractivity contribution is -0.384. The molecule has 4 aromatic carbocycles. The molecule has 0 aliphatic heterocycles. The lowest BCUT2D eigenvalue weighted by Crippen LogP contribution is -2.30. The summed E-state index contributed by atoms with van der Waals surface area (Å²) in [6.07, 6.45) is 4.69. The number of anilines is 2. The number of non-ortho nitro benzene ring substituents is 1. The number of nitrogens with one attached hydrogen (secondary N) is 1. The highest BCUT2D eigenvalue weighted by Crippen LogP contribution is 2.39. The molecule has 2 aliphatic rings. The third-order valence-corrected chi connectivity index (χ3v) is 13.1. The van der Waals surface area contributed by atoms with Crippen LogP contribution in [0.2, 0.25) is 0 Å². The predicted octanol–water partition coefficient (Wildman–Crippen LogP) is 8.67. The number of aromatic hydroxyl groups is 1. The summed E-state index contributed by atoms with van der Waals surface area (Å²) in [6, 6.07) is 21.3. The maximum absolute atomic E-state index is 13.7. The van der Waals surface area contributed by atoms with E-state index in [4.69, 9.17) is 38.1 Å². The minimum atomic E-state index is -0.925. The number of thiazole rings is 1. The number of carbonyl (C=O) groups excluding carboxylic acids is 6. The molecule has 19 nitrogen and oxygen atoms in total. The summed E-state index contributed by atoms with van der Waals surface area (Å²) in [5.74, 6) is -3.57. The van der Waals surface area contributed by atoms with Crippen LogP contribution in [0.5, 0.6) is 28.7 Å². The van der Waals surface area contributed by atoms with Gasteiger partial charge in [0.15, 0.2) is 17.0 Å². The Labute approximate surface area is 416 Å². The number of ether oxygens (including phenoxy) is 7. The number of nitrogens with zero attached hydrogens (tertiary/aromatic N) is 2. The van der Waals surface area contributed by atoms with Crippen molar-refractivity contribution in [2.24, 2.45) is 23.7 Å². The van der Waals surface area contributed by atoms with Gasteiger partial charge in [0, 0.05) is 36.4 Å². The average Bonchev–Trinajstić information content (AvgIpc) is 3.83. The van der Waals surface area contributed by atoms with E-state index in [1.807, 2.05) is 0 Å². The highest BCUT2D eigenvalue weighted by Gasteiger charge is 2.34. The van der Waals surface area contributed by atoms with Crippen LogP contribution >= 0.6 is 11.3 Å². The molecule has 20 heteroatoms. The first-order valence-corrected chi connectivity index (χ1v) is 24.0. The largest absolute Gasteiger partial charge is 0.508 e. The molecule has 2 aliphatic carbocycles. The summed E-state index contributed by atoms with van der Waals surface area (Å²) >= 11 is 1.27. The number of rotatable bonds is 21. The van der Waals surface area contributed by atoms with E-state index in [-0.39, 0.29) is 66.5 Å². The van der Waals surface area contributed by atoms with Crippen LogP contribution in [0.4, 0.5) is 16.5 Å². The molecule has 0 radical (unpaired) electrons. The van der Waals surface area contributed by atoms with Crippen molar-refractivity contribution in [3.05, 3.63) is 126 Å². The average molecular weight is 1010 g/mol. The van der Waals surface area contributed by atoms with E-state index in [1.165, 1.54) is 47.7 Å². The molecule has 0 amide bonds. The van der Waals surface area contributed by atoms with E-state index in [9.17, 15) is 44.0 Å². The molecule has 0 spiro atoms. The second-order valence-corrected chi connectivity index (χ2v) is 18.0. The summed E-state index contributed by atoms with van der Waals surface area (Å²) < 4.78 is 39.3. The van der Waals surface area contributed by atoms with Gasteiger partial charge in [0.1, 0.15) is 41.7 Å². The fourth-order valence-corrected chi connectivity index (χ4v) is 9.17. The van der Waals surface area contributed by atoms with Crippen LogP contribution in [-0.2, 0) is 49.4 Å². The van der Waals surface area contributed by atoms with Gasteiger partial charge in [-0.15, -0.1) is 0 Å². The first-order valence-electron chi connectivity index (χ1n) is 23.1. The van der Waals surface area contributed by atoms with Crippen molar-refractivity contribution in [2.45, 2.75) is 63.9 Å². The van der Waals surface area contributed by atoms with E-state index < -0.39 is 46.7 Å². The van der Waals surface area contributed by atoms with Crippen LogP contribution in [0.15, 0.2) is 110 Å². The zero-order chi connectivity index (χ0) is 51.1. The Bertz CT molecular complexity index is 2780. The maximum atomic E-state index is 13.7. The Balaban J connectivity index is 0.921. The number of fused-ring (bicyclic) bond motifs is 1. The standard InChI is InChI=1S/C52H51N3O16S/c1-3-44(57)67-30-42(68-45(58)4-2)29-66-39-22-24-41(25-23-39)70-50(61)34-9-11-35(12-10-34)51(62)71-43-26-13-31(47-46(43)54-52(72-47)53-36-14-16-37(17-15-36)55(63)64)27-28-65-48(59)32-5-7-33(8-6-32)49(60)69-40-20-18-38(56)19-21-40/h3-4,13-26,32-35,42,56H,1-2,5-12,27-30H2,(H,53,54). The topological polar surface area (TPSA) is 255 Å². The van der Waals surface area contributed by atoms with E-state index in [0.717, 1.165) is 17.7 Å². The molecule has 1 unspecified atom stereocenters.